The maximum absolute atomic E-state index is 11.3. The van der Waals surface area contributed by atoms with Gasteiger partial charge in [-0.15, -0.1) is 0 Å². The normalized spacial score (nSPS) is 12.4. The highest BCUT2D eigenvalue weighted by atomic mass is 16.6. The van der Waals surface area contributed by atoms with Crippen LogP contribution in [-0.4, -0.2) is 23.1 Å². The van der Waals surface area contributed by atoms with Gasteiger partial charge in [0.05, 0.1) is 0 Å². The Hall–Kier alpha value is -0.900. The first-order valence-corrected chi connectivity index (χ1v) is 10.4. The molecule has 1 atom stereocenters. The molecule has 4 heteroatoms. The Morgan fingerprint density at radius 3 is 1.52 bits per heavy atom. The van der Waals surface area contributed by atoms with E-state index in [2.05, 4.69) is 18.6 Å². The van der Waals surface area contributed by atoms with Crippen molar-refractivity contribution in [1.29, 1.82) is 0 Å². The van der Waals surface area contributed by atoms with E-state index in [9.17, 15) is 9.59 Å². The molecule has 4 nitrogen and oxygen atoms in total. The number of hydrogen-bond donors (Lipinski definition) is 1. The average Bonchev–Trinajstić information content (AvgIpc) is 2.54. The van der Waals surface area contributed by atoms with Crippen LogP contribution in [0.4, 0.5) is 0 Å². The van der Waals surface area contributed by atoms with Gasteiger partial charge in [-0.1, -0.05) is 90.9 Å². The lowest BCUT2D eigenvalue weighted by Gasteiger charge is -2.05. The molecule has 148 valence electrons. The number of aliphatic hydroxyl groups excluding tert-OH is 1. The van der Waals surface area contributed by atoms with E-state index < -0.39 is 18.0 Å². The second-order valence-electron chi connectivity index (χ2n) is 7.64. The molecule has 0 spiro atoms. The molecule has 0 saturated heterocycles. The van der Waals surface area contributed by atoms with Gasteiger partial charge in [-0.25, -0.2) is 4.79 Å². The number of carbonyl (C=O) groups excluding carboxylic acids is 2. The first-order valence-electron chi connectivity index (χ1n) is 10.4. The highest BCUT2D eigenvalue weighted by molar-refractivity contribution is 5.87. The molecule has 1 N–H and O–H groups in total. The van der Waals surface area contributed by atoms with E-state index in [0.717, 1.165) is 25.2 Å². The lowest BCUT2D eigenvalue weighted by atomic mass is 10.0. The van der Waals surface area contributed by atoms with Gasteiger partial charge in [0.2, 0.25) is 0 Å². The molecule has 25 heavy (non-hydrogen) atoms. The summed E-state index contributed by atoms with van der Waals surface area (Å²) in [4.78, 5) is 22.4. The van der Waals surface area contributed by atoms with Crippen LogP contribution in [0.1, 0.15) is 111 Å². The Labute approximate surface area is 154 Å². The number of aliphatic hydroxyl groups is 1. The van der Waals surface area contributed by atoms with Gasteiger partial charge in [-0.3, -0.25) is 4.79 Å². The third kappa shape index (κ3) is 17.7. The Morgan fingerprint density at radius 2 is 1.12 bits per heavy atom. The zero-order chi connectivity index (χ0) is 18.9. The molecule has 0 rings (SSSR count). The summed E-state index contributed by atoms with van der Waals surface area (Å²) < 4.78 is 4.50. The molecule has 0 radical (unpaired) electrons. The number of ether oxygens (including phenoxy) is 1. The number of unbranched alkanes of at least 4 members (excludes halogenated alkanes) is 11. The van der Waals surface area contributed by atoms with E-state index in [1.807, 2.05) is 0 Å². The van der Waals surface area contributed by atoms with E-state index in [0.29, 0.717) is 0 Å². The van der Waals surface area contributed by atoms with Gasteiger partial charge >= 0.3 is 11.9 Å². The van der Waals surface area contributed by atoms with Gasteiger partial charge in [-0.05, 0) is 19.3 Å². The maximum atomic E-state index is 11.3. The molecule has 0 saturated carbocycles. The summed E-state index contributed by atoms with van der Waals surface area (Å²) in [5.74, 6) is -0.540. The second kappa shape index (κ2) is 16.6. The summed E-state index contributed by atoms with van der Waals surface area (Å²) in [5, 5.41) is 8.95. The number of hydrogen-bond acceptors (Lipinski definition) is 4. The predicted octanol–water partition coefficient (Wildman–Crippen LogP) is 5.55. The molecule has 0 aromatic heterocycles. The fourth-order valence-corrected chi connectivity index (χ4v) is 2.84. The standard InChI is InChI=1S/C21H40O4/c1-18(2)16-14-12-10-8-6-4-5-7-9-11-13-15-17-20(23)25-21(24)19(3)22/h18-19,22H,4-17H2,1-3H3. The molecule has 0 aromatic rings. The van der Waals surface area contributed by atoms with Gasteiger partial charge < -0.3 is 9.84 Å². The third-order valence-electron chi connectivity index (χ3n) is 4.47. The average molecular weight is 357 g/mol. The quantitative estimate of drug-likeness (QED) is 0.223. The minimum absolute atomic E-state index is 0.259. The van der Waals surface area contributed by atoms with Crippen molar-refractivity contribution in [2.24, 2.45) is 5.92 Å². The van der Waals surface area contributed by atoms with Gasteiger partial charge in [0.15, 0.2) is 0 Å². The molecule has 0 aliphatic heterocycles. The second-order valence-corrected chi connectivity index (χ2v) is 7.64. The molecular weight excluding hydrogens is 316 g/mol. The van der Waals surface area contributed by atoms with Crippen molar-refractivity contribution in [3.8, 4) is 0 Å². The minimum Gasteiger partial charge on any atom is -0.391 e. The topological polar surface area (TPSA) is 63.6 Å². The smallest absolute Gasteiger partial charge is 0.342 e. The van der Waals surface area contributed by atoms with E-state index in [4.69, 9.17) is 5.11 Å². The fraction of sp³-hybridized carbons (Fsp3) is 0.905. The van der Waals surface area contributed by atoms with Crippen LogP contribution in [0.15, 0.2) is 0 Å². The van der Waals surface area contributed by atoms with Crippen molar-refractivity contribution in [3.05, 3.63) is 0 Å². The molecule has 0 amide bonds. The molecule has 0 aliphatic rings. The summed E-state index contributed by atoms with van der Waals surface area (Å²) in [6, 6.07) is 0. The van der Waals surface area contributed by atoms with Crippen molar-refractivity contribution in [3.63, 3.8) is 0 Å². The highest BCUT2D eigenvalue weighted by Crippen LogP contribution is 2.14. The van der Waals surface area contributed by atoms with E-state index in [1.165, 1.54) is 71.1 Å². The van der Waals surface area contributed by atoms with Crippen molar-refractivity contribution in [1.82, 2.24) is 0 Å². The minimum atomic E-state index is -1.23. The van der Waals surface area contributed by atoms with Crippen LogP contribution in [0.3, 0.4) is 0 Å². The lowest BCUT2D eigenvalue weighted by Crippen LogP contribution is -2.22. The molecule has 0 aromatic carbocycles. The predicted molar refractivity (Wildman–Crippen MR) is 102 cm³/mol. The Morgan fingerprint density at radius 1 is 0.720 bits per heavy atom. The summed E-state index contributed by atoms with van der Waals surface area (Å²) in [6.07, 6.45) is 15.3. The molecule has 0 bridgehead atoms. The molecule has 1 unspecified atom stereocenters. The van der Waals surface area contributed by atoms with Crippen LogP contribution < -0.4 is 0 Å². The number of esters is 2. The number of carbonyl (C=O) groups is 2. The first-order chi connectivity index (χ1) is 11.9. The zero-order valence-electron chi connectivity index (χ0n) is 16.7. The van der Waals surface area contributed by atoms with E-state index >= 15 is 0 Å². The van der Waals surface area contributed by atoms with Crippen molar-refractivity contribution < 1.29 is 19.4 Å². The van der Waals surface area contributed by atoms with Gasteiger partial charge in [0.25, 0.3) is 0 Å². The van der Waals surface area contributed by atoms with Gasteiger partial charge in [0.1, 0.15) is 6.10 Å². The first kappa shape index (κ1) is 24.1. The largest absolute Gasteiger partial charge is 0.391 e. The summed E-state index contributed by atoms with van der Waals surface area (Å²) in [7, 11) is 0. The van der Waals surface area contributed by atoms with Crippen molar-refractivity contribution in [2.75, 3.05) is 0 Å². The molecule has 0 fully saturated rings. The summed E-state index contributed by atoms with van der Waals surface area (Å²) >= 11 is 0. The Balaban J connectivity index is 3.21. The Kier molecular flexibility index (Phi) is 16.0. The monoisotopic (exact) mass is 356 g/mol. The molecule has 0 aliphatic carbocycles. The van der Waals surface area contributed by atoms with Gasteiger partial charge in [0, 0.05) is 6.42 Å². The van der Waals surface area contributed by atoms with E-state index in [-0.39, 0.29) is 6.42 Å². The highest BCUT2D eigenvalue weighted by Gasteiger charge is 2.14. The summed E-state index contributed by atoms with van der Waals surface area (Å²) in [6.45, 7) is 5.89. The van der Waals surface area contributed by atoms with Crippen LogP contribution in [0, 0.1) is 5.92 Å². The van der Waals surface area contributed by atoms with Crippen molar-refractivity contribution >= 4 is 11.9 Å². The lowest BCUT2D eigenvalue weighted by molar-refractivity contribution is -0.165. The van der Waals surface area contributed by atoms with Crippen LogP contribution in [0.25, 0.3) is 0 Å². The van der Waals surface area contributed by atoms with Crippen LogP contribution in [-0.2, 0) is 14.3 Å². The number of rotatable bonds is 16. The Bertz CT molecular complexity index is 337. The van der Waals surface area contributed by atoms with Gasteiger partial charge in [-0.2, -0.15) is 0 Å². The zero-order valence-corrected chi connectivity index (χ0v) is 16.7. The third-order valence-corrected chi connectivity index (χ3v) is 4.47. The van der Waals surface area contributed by atoms with E-state index in [1.54, 1.807) is 0 Å². The SMILES string of the molecule is CC(C)CCCCCCCCCCCCCCC(=O)OC(=O)C(C)O. The van der Waals surface area contributed by atoms with Crippen LogP contribution in [0.5, 0.6) is 0 Å². The summed E-state index contributed by atoms with van der Waals surface area (Å²) in [5.41, 5.74) is 0. The van der Waals surface area contributed by atoms with Crippen LogP contribution >= 0.6 is 0 Å². The molecular formula is C21H40O4. The molecule has 0 heterocycles. The fourth-order valence-electron chi connectivity index (χ4n) is 2.84. The van der Waals surface area contributed by atoms with Crippen molar-refractivity contribution in [2.45, 2.75) is 117 Å². The maximum Gasteiger partial charge on any atom is 0.342 e. The van der Waals surface area contributed by atoms with Crippen LogP contribution in [0.2, 0.25) is 0 Å².